The van der Waals surface area contributed by atoms with Gasteiger partial charge in [0.2, 0.25) is 0 Å². The van der Waals surface area contributed by atoms with Gasteiger partial charge in [-0.25, -0.2) is 0 Å². The predicted molar refractivity (Wildman–Crippen MR) is 92.0 cm³/mol. The van der Waals surface area contributed by atoms with Gasteiger partial charge in [-0.2, -0.15) is 0 Å². The van der Waals surface area contributed by atoms with Gasteiger partial charge in [0.1, 0.15) is 0 Å². The van der Waals surface area contributed by atoms with Crippen molar-refractivity contribution in [2.75, 3.05) is 19.6 Å². The molecule has 0 aromatic heterocycles. The van der Waals surface area contributed by atoms with Crippen molar-refractivity contribution in [3.63, 3.8) is 0 Å². The highest BCUT2D eigenvalue weighted by molar-refractivity contribution is 5.85. The summed E-state index contributed by atoms with van der Waals surface area (Å²) in [7, 11) is 0. The van der Waals surface area contributed by atoms with Crippen LogP contribution in [-0.4, -0.2) is 30.6 Å². The number of benzene rings is 1. The summed E-state index contributed by atoms with van der Waals surface area (Å²) in [6.07, 6.45) is 6.76. The van der Waals surface area contributed by atoms with Crippen LogP contribution < -0.4 is 5.32 Å². The molecule has 21 heavy (non-hydrogen) atoms. The van der Waals surface area contributed by atoms with E-state index in [0.29, 0.717) is 6.04 Å². The number of halogens is 1. The molecule has 1 atom stereocenters. The van der Waals surface area contributed by atoms with Gasteiger partial charge in [-0.1, -0.05) is 37.3 Å². The van der Waals surface area contributed by atoms with Crippen LogP contribution >= 0.6 is 12.4 Å². The highest BCUT2D eigenvalue weighted by Gasteiger charge is 2.27. The van der Waals surface area contributed by atoms with E-state index in [0.717, 1.165) is 12.0 Å². The van der Waals surface area contributed by atoms with Gasteiger partial charge in [-0.15, -0.1) is 12.4 Å². The molecule has 1 aromatic carbocycles. The highest BCUT2D eigenvalue weighted by Crippen LogP contribution is 2.29. The third-order valence-corrected chi connectivity index (χ3v) is 4.93. The quantitative estimate of drug-likeness (QED) is 0.854. The van der Waals surface area contributed by atoms with E-state index in [1.807, 2.05) is 0 Å². The first kappa shape index (κ1) is 16.8. The largest absolute Gasteiger partial charge is 0.314 e. The van der Waals surface area contributed by atoms with E-state index in [2.05, 4.69) is 47.5 Å². The van der Waals surface area contributed by atoms with E-state index >= 15 is 0 Å². The molecule has 1 saturated heterocycles. The predicted octanol–water partition coefficient (Wildman–Crippen LogP) is 4.02. The smallest absolute Gasteiger partial charge is 0.0345 e. The molecule has 2 fully saturated rings. The maximum atomic E-state index is 3.77. The van der Waals surface area contributed by atoms with Crippen LogP contribution in [0.1, 0.15) is 50.6 Å². The van der Waals surface area contributed by atoms with Crippen LogP contribution in [0.15, 0.2) is 30.3 Å². The van der Waals surface area contributed by atoms with Crippen molar-refractivity contribution in [1.29, 1.82) is 0 Å². The summed E-state index contributed by atoms with van der Waals surface area (Å²) < 4.78 is 0. The zero-order valence-corrected chi connectivity index (χ0v) is 13.9. The van der Waals surface area contributed by atoms with Crippen molar-refractivity contribution in [3.05, 3.63) is 35.9 Å². The Morgan fingerprint density at radius 3 is 2.33 bits per heavy atom. The maximum absolute atomic E-state index is 3.77. The first-order valence-electron chi connectivity index (χ1n) is 8.39. The topological polar surface area (TPSA) is 15.3 Å². The van der Waals surface area contributed by atoms with Gasteiger partial charge in [0.25, 0.3) is 0 Å². The second kappa shape index (κ2) is 8.17. The monoisotopic (exact) mass is 308 g/mol. The number of rotatable bonds is 6. The number of nitrogens with zero attached hydrogens (tertiary/aromatic N) is 1. The first-order chi connectivity index (χ1) is 9.86. The van der Waals surface area contributed by atoms with Gasteiger partial charge in [0, 0.05) is 25.2 Å². The summed E-state index contributed by atoms with van der Waals surface area (Å²) in [5.74, 6) is 1.00. The van der Waals surface area contributed by atoms with Crippen LogP contribution in [0.3, 0.4) is 0 Å². The lowest BCUT2D eigenvalue weighted by Gasteiger charge is -2.38. The normalized spacial score (nSPS) is 21.8. The van der Waals surface area contributed by atoms with Crippen LogP contribution in [0.25, 0.3) is 0 Å². The summed E-state index contributed by atoms with van der Waals surface area (Å²) >= 11 is 0. The van der Waals surface area contributed by atoms with Gasteiger partial charge in [0.05, 0.1) is 0 Å². The Bertz CT molecular complexity index is 397. The SMILES string of the molecule is CCC(c1ccccc1)N1CCC(NCC2CC2)CC1.Cl. The van der Waals surface area contributed by atoms with Crippen LogP contribution in [0.2, 0.25) is 0 Å². The molecule has 2 aliphatic rings. The second-order valence-corrected chi connectivity index (χ2v) is 6.50. The lowest BCUT2D eigenvalue weighted by molar-refractivity contribution is 0.139. The molecule has 3 heteroatoms. The second-order valence-electron chi connectivity index (χ2n) is 6.50. The van der Waals surface area contributed by atoms with Crippen molar-refractivity contribution in [3.8, 4) is 0 Å². The fraction of sp³-hybridized carbons (Fsp3) is 0.667. The van der Waals surface area contributed by atoms with Crippen molar-refractivity contribution < 1.29 is 0 Å². The zero-order chi connectivity index (χ0) is 13.8. The molecule has 118 valence electrons. The minimum Gasteiger partial charge on any atom is -0.314 e. The standard InChI is InChI=1S/C18H28N2.ClH/c1-2-18(16-6-4-3-5-7-16)20-12-10-17(11-13-20)19-14-15-8-9-15;/h3-7,15,17-19H,2,8-14H2,1H3;1H. The number of likely N-dealkylation sites (tertiary alicyclic amines) is 1. The van der Waals surface area contributed by atoms with Crippen molar-refractivity contribution in [1.82, 2.24) is 10.2 Å². The van der Waals surface area contributed by atoms with Crippen LogP contribution in [-0.2, 0) is 0 Å². The Morgan fingerprint density at radius 2 is 1.76 bits per heavy atom. The van der Waals surface area contributed by atoms with Crippen molar-refractivity contribution >= 4 is 12.4 Å². The molecule has 1 N–H and O–H groups in total. The van der Waals surface area contributed by atoms with Crippen molar-refractivity contribution in [2.24, 2.45) is 5.92 Å². The Morgan fingerprint density at radius 1 is 1.10 bits per heavy atom. The van der Waals surface area contributed by atoms with E-state index in [9.17, 15) is 0 Å². The van der Waals surface area contributed by atoms with E-state index in [1.54, 1.807) is 0 Å². The molecule has 0 radical (unpaired) electrons. The van der Waals surface area contributed by atoms with Crippen LogP contribution in [0.5, 0.6) is 0 Å². The third-order valence-electron chi connectivity index (χ3n) is 4.93. The highest BCUT2D eigenvalue weighted by atomic mass is 35.5. The molecule has 0 spiro atoms. The van der Waals surface area contributed by atoms with Gasteiger partial charge in [0.15, 0.2) is 0 Å². The number of piperidine rings is 1. The summed E-state index contributed by atoms with van der Waals surface area (Å²) in [6, 6.07) is 12.4. The molecule has 1 saturated carbocycles. The minimum atomic E-state index is 0. The fourth-order valence-corrected chi connectivity index (χ4v) is 3.45. The number of nitrogens with one attached hydrogen (secondary N) is 1. The zero-order valence-electron chi connectivity index (χ0n) is 13.1. The molecule has 0 amide bonds. The van der Waals surface area contributed by atoms with Gasteiger partial charge in [-0.05, 0) is 50.1 Å². The molecular formula is C18H29ClN2. The number of hydrogen-bond donors (Lipinski definition) is 1. The van der Waals surface area contributed by atoms with Gasteiger partial charge < -0.3 is 5.32 Å². The maximum Gasteiger partial charge on any atom is 0.0345 e. The fourth-order valence-electron chi connectivity index (χ4n) is 3.45. The third kappa shape index (κ3) is 4.70. The molecule has 1 aliphatic heterocycles. The molecule has 0 bridgehead atoms. The molecule has 1 aliphatic carbocycles. The summed E-state index contributed by atoms with van der Waals surface area (Å²) in [6.45, 7) is 6.07. The van der Waals surface area contributed by atoms with Crippen LogP contribution in [0, 0.1) is 5.92 Å². The lowest BCUT2D eigenvalue weighted by atomic mass is 9.97. The average Bonchev–Trinajstić information content (AvgIpc) is 3.33. The molecule has 1 aromatic rings. The van der Waals surface area contributed by atoms with Gasteiger partial charge >= 0.3 is 0 Å². The molecule has 3 rings (SSSR count). The molecule has 2 nitrogen and oxygen atoms in total. The minimum absolute atomic E-state index is 0. The Kier molecular flexibility index (Phi) is 6.53. The van der Waals surface area contributed by atoms with E-state index in [4.69, 9.17) is 0 Å². The van der Waals surface area contributed by atoms with E-state index in [1.165, 1.54) is 57.3 Å². The van der Waals surface area contributed by atoms with Crippen LogP contribution in [0.4, 0.5) is 0 Å². The number of hydrogen-bond acceptors (Lipinski definition) is 2. The Balaban J connectivity index is 0.00000161. The summed E-state index contributed by atoms with van der Waals surface area (Å²) in [5, 5.41) is 3.77. The average molecular weight is 309 g/mol. The molecule has 1 unspecified atom stereocenters. The van der Waals surface area contributed by atoms with Gasteiger partial charge in [-0.3, -0.25) is 4.90 Å². The Hall–Kier alpha value is -0.570. The van der Waals surface area contributed by atoms with Crippen molar-refractivity contribution in [2.45, 2.75) is 51.1 Å². The summed E-state index contributed by atoms with van der Waals surface area (Å²) in [4.78, 5) is 2.69. The summed E-state index contributed by atoms with van der Waals surface area (Å²) in [5.41, 5.74) is 1.49. The van der Waals surface area contributed by atoms with E-state index in [-0.39, 0.29) is 12.4 Å². The Labute approximate surface area is 135 Å². The molecular weight excluding hydrogens is 280 g/mol. The molecule has 1 heterocycles. The lowest BCUT2D eigenvalue weighted by Crippen LogP contribution is -2.44. The first-order valence-corrected chi connectivity index (χ1v) is 8.39. The van der Waals surface area contributed by atoms with E-state index < -0.39 is 0 Å².